The first-order chi connectivity index (χ1) is 12.1. The molecule has 1 aromatic heterocycles. The zero-order chi connectivity index (χ0) is 17.6. The Morgan fingerprint density at radius 1 is 1.12 bits per heavy atom. The fraction of sp³-hybridized carbons (Fsp3) is 0.111. The monoisotopic (exact) mass is 408 g/mol. The molecule has 0 fully saturated rings. The summed E-state index contributed by atoms with van der Waals surface area (Å²) in [6.07, 6.45) is 0.395. The van der Waals surface area contributed by atoms with Crippen LogP contribution < -0.4 is 5.32 Å². The number of hydrogen-bond acceptors (Lipinski definition) is 4. The summed E-state index contributed by atoms with van der Waals surface area (Å²) in [5.41, 5.74) is 2.59. The number of para-hydroxylation sites is 1. The van der Waals surface area contributed by atoms with Crippen molar-refractivity contribution in [2.45, 2.75) is 10.8 Å². The van der Waals surface area contributed by atoms with Gasteiger partial charge in [-0.2, -0.15) is 0 Å². The molecule has 1 N–H and O–H groups in total. The third-order valence-corrected chi connectivity index (χ3v) is 5.93. The van der Waals surface area contributed by atoms with Gasteiger partial charge in [0.05, 0.1) is 16.4 Å². The lowest BCUT2D eigenvalue weighted by molar-refractivity contribution is -0.115. The Labute approximate surface area is 164 Å². The number of thiazole rings is 1. The van der Waals surface area contributed by atoms with Gasteiger partial charge in [-0.15, -0.1) is 11.3 Å². The number of aromatic nitrogens is 1. The fourth-order valence-electron chi connectivity index (χ4n) is 2.08. The Morgan fingerprint density at radius 2 is 1.88 bits per heavy atom. The lowest BCUT2D eigenvalue weighted by Crippen LogP contribution is -2.12. The normalized spacial score (nSPS) is 10.6. The van der Waals surface area contributed by atoms with Gasteiger partial charge in [0.1, 0.15) is 0 Å². The summed E-state index contributed by atoms with van der Waals surface area (Å²) in [7, 11) is 0. The summed E-state index contributed by atoms with van der Waals surface area (Å²) in [6, 6.07) is 14.8. The van der Waals surface area contributed by atoms with Crippen LogP contribution in [0.15, 0.2) is 58.3 Å². The second-order valence-corrected chi connectivity index (χ2v) is 8.18. The van der Waals surface area contributed by atoms with E-state index < -0.39 is 0 Å². The van der Waals surface area contributed by atoms with E-state index in [-0.39, 0.29) is 5.91 Å². The second-order valence-electron chi connectivity index (χ2n) is 5.13. The molecule has 3 nitrogen and oxygen atoms in total. The van der Waals surface area contributed by atoms with Crippen LogP contribution in [0.2, 0.25) is 10.0 Å². The molecule has 7 heteroatoms. The van der Waals surface area contributed by atoms with Crippen LogP contribution in [0.25, 0.3) is 11.3 Å². The van der Waals surface area contributed by atoms with Gasteiger partial charge in [0, 0.05) is 28.1 Å². The number of carbonyl (C=O) groups is 1. The predicted molar refractivity (Wildman–Crippen MR) is 108 cm³/mol. The summed E-state index contributed by atoms with van der Waals surface area (Å²) in [4.78, 5) is 16.6. The molecule has 0 atom stereocenters. The largest absolute Gasteiger partial charge is 0.325 e. The van der Waals surface area contributed by atoms with Crippen LogP contribution in [-0.2, 0) is 4.79 Å². The molecule has 0 saturated carbocycles. The molecular formula is C18H14Cl2N2OS2. The molecule has 0 unspecified atom stereocenters. The van der Waals surface area contributed by atoms with Crippen LogP contribution >= 0.6 is 46.3 Å². The number of halogens is 2. The van der Waals surface area contributed by atoms with Crippen molar-refractivity contribution < 1.29 is 4.79 Å². The molecule has 1 amide bonds. The minimum atomic E-state index is -0.0601. The van der Waals surface area contributed by atoms with Crippen molar-refractivity contribution in [1.82, 2.24) is 4.98 Å². The number of carbonyl (C=O) groups excluding carboxylic acids is 1. The van der Waals surface area contributed by atoms with Crippen LogP contribution in [0, 0.1) is 0 Å². The Kier molecular flexibility index (Phi) is 6.37. The van der Waals surface area contributed by atoms with E-state index in [9.17, 15) is 4.79 Å². The van der Waals surface area contributed by atoms with Crippen molar-refractivity contribution in [2.24, 2.45) is 0 Å². The Balaban J connectivity index is 1.50. The summed E-state index contributed by atoms with van der Waals surface area (Å²) in [5.74, 6) is 0.596. The zero-order valence-electron chi connectivity index (χ0n) is 13.0. The van der Waals surface area contributed by atoms with Crippen LogP contribution in [-0.4, -0.2) is 16.6 Å². The van der Waals surface area contributed by atoms with E-state index >= 15 is 0 Å². The first-order valence-electron chi connectivity index (χ1n) is 7.50. The topological polar surface area (TPSA) is 42.0 Å². The quantitative estimate of drug-likeness (QED) is 0.490. The first kappa shape index (κ1) is 18.3. The van der Waals surface area contributed by atoms with Crippen molar-refractivity contribution in [3.63, 3.8) is 0 Å². The number of anilines is 1. The average Bonchev–Trinajstić information content (AvgIpc) is 3.06. The number of rotatable bonds is 6. The second kappa shape index (κ2) is 8.72. The van der Waals surface area contributed by atoms with Gasteiger partial charge in [-0.05, 0) is 24.3 Å². The Hall–Kier alpha value is -1.53. The number of nitrogens with one attached hydrogen (secondary N) is 1. The van der Waals surface area contributed by atoms with Gasteiger partial charge in [-0.3, -0.25) is 4.79 Å². The number of nitrogens with zero attached hydrogens (tertiary/aromatic N) is 1. The lowest BCUT2D eigenvalue weighted by atomic mass is 10.2. The van der Waals surface area contributed by atoms with E-state index in [0.29, 0.717) is 27.9 Å². The maximum Gasteiger partial charge on any atom is 0.225 e. The first-order valence-corrected chi connectivity index (χ1v) is 10.1. The highest BCUT2D eigenvalue weighted by Gasteiger charge is 2.08. The summed E-state index contributed by atoms with van der Waals surface area (Å²) < 4.78 is 0.940. The molecular weight excluding hydrogens is 395 g/mol. The molecule has 0 aliphatic carbocycles. The molecule has 2 aromatic carbocycles. The number of hydrogen-bond donors (Lipinski definition) is 1. The van der Waals surface area contributed by atoms with Crippen LogP contribution in [0.5, 0.6) is 0 Å². The van der Waals surface area contributed by atoms with Crippen molar-refractivity contribution in [3.05, 3.63) is 64.0 Å². The summed E-state index contributed by atoms with van der Waals surface area (Å²) >= 11 is 15.1. The highest BCUT2D eigenvalue weighted by Crippen LogP contribution is 2.29. The van der Waals surface area contributed by atoms with Crippen molar-refractivity contribution in [2.75, 3.05) is 11.1 Å². The SMILES string of the molecule is O=C(CCSc1nc(-c2ccc(Cl)cc2)cs1)Nc1ccccc1Cl. The molecule has 0 aliphatic rings. The third kappa shape index (κ3) is 5.22. The molecule has 1 heterocycles. The van der Waals surface area contributed by atoms with Crippen LogP contribution in [0.1, 0.15) is 6.42 Å². The fourth-order valence-corrected chi connectivity index (χ4v) is 4.24. The van der Waals surface area contributed by atoms with Gasteiger partial charge in [-0.1, -0.05) is 59.2 Å². The van der Waals surface area contributed by atoms with Gasteiger partial charge in [0.25, 0.3) is 0 Å². The Bertz CT molecular complexity index is 866. The maximum absolute atomic E-state index is 12.0. The highest BCUT2D eigenvalue weighted by molar-refractivity contribution is 8.01. The van der Waals surface area contributed by atoms with Gasteiger partial charge in [0.2, 0.25) is 5.91 Å². The average molecular weight is 409 g/mol. The van der Waals surface area contributed by atoms with Crippen molar-refractivity contribution >= 4 is 57.9 Å². The van der Waals surface area contributed by atoms with E-state index in [0.717, 1.165) is 15.6 Å². The van der Waals surface area contributed by atoms with E-state index in [2.05, 4.69) is 10.3 Å². The van der Waals surface area contributed by atoms with E-state index in [4.69, 9.17) is 23.2 Å². The number of benzene rings is 2. The minimum absolute atomic E-state index is 0.0601. The third-order valence-electron chi connectivity index (χ3n) is 3.33. The van der Waals surface area contributed by atoms with E-state index in [1.165, 1.54) is 0 Å². The molecule has 3 aromatic rings. The van der Waals surface area contributed by atoms with Crippen LogP contribution in [0.4, 0.5) is 5.69 Å². The van der Waals surface area contributed by atoms with Crippen molar-refractivity contribution in [1.29, 1.82) is 0 Å². The van der Waals surface area contributed by atoms with Gasteiger partial charge in [-0.25, -0.2) is 4.98 Å². The van der Waals surface area contributed by atoms with Crippen LogP contribution in [0.3, 0.4) is 0 Å². The molecule has 128 valence electrons. The van der Waals surface area contributed by atoms with Crippen molar-refractivity contribution in [3.8, 4) is 11.3 Å². The predicted octanol–water partition coefficient (Wildman–Crippen LogP) is 6.24. The standard InChI is InChI=1S/C18H14Cl2N2OS2/c19-13-7-5-12(6-8-13)16-11-25-18(22-16)24-10-9-17(23)21-15-4-2-1-3-14(15)20/h1-8,11H,9-10H2,(H,21,23). The number of amides is 1. The molecule has 25 heavy (non-hydrogen) atoms. The molecule has 0 saturated heterocycles. The smallest absolute Gasteiger partial charge is 0.225 e. The highest BCUT2D eigenvalue weighted by atomic mass is 35.5. The zero-order valence-corrected chi connectivity index (χ0v) is 16.2. The number of thioether (sulfide) groups is 1. The van der Waals surface area contributed by atoms with Gasteiger partial charge < -0.3 is 5.32 Å². The van der Waals surface area contributed by atoms with E-state index in [1.807, 2.05) is 41.8 Å². The Morgan fingerprint density at radius 3 is 2.64 bits per heavy atom. The summed E-state index contributed by atoms with van der Waals surface area (Å²) in [5, 5.41) is 6.07. The molecule has 0 aliphatic heterocycles. The molecule has 0 spiro atoms. The molecule has 0 bridgehead atoms. The summed E-state index contributed by atoms with van der Waals surface area (Å²) in [6.45, 7) is 0. The molecule has 0 radical (unpaired) electrons. The minimum Gasteiger partial charge on any atom is -0.325 e. The van der Waals surface area contributed by atoms with Gasteiger partial charge in [0.15, 0.2) is 4.34 Å². The lowest BCUT2D eigenvalue weighted by Gasteiger charge is -2.06. The van der Waals surface area contributed by atoms with E-state index in [1.54, 1.807) is 35.2 Å². The van der Waals surface area contributed by atoms with Gasteiger partial charge >= 0.3 is 0 Å². The molecule has 3 rings (SSSR count). The maximum atomic E-state index is 12.0.